The topological polar surface area (TPSA) is 117 Å². The van der Waals surface area contributed by atoms with Gasteiger partial charge in [0.1, 0.15) is 5.60 Å². The van der Waals surface area contributed by atoms with E-state index in [1.54, 1.807) is 29.2 Å². The summed E-state index contributed by atoms with van der Waals surface area (Å²) in [5.41, 5.74) is 9.16. The lowest BCUT2D eigenvalue weighted by atomic mass is 10.1. The van der Waals surface area contributed by atoms with E-state index in [4.69, 9.17) is 10.5 Å². The number of ether oxygens (including phenoxy) is 1. The number of carbonyl (C=O) groups is 3. The highest BCUT2D eigenvalue weighted by Crippen LogP contribution is 2.26. The number of hydrogen-bond acceptors (Lipinski definition) is 6. The zero-order chi connectivity index (χ0) is 26.7. The Morgan fingerprint density at radius 3 is 2.43 bits per heavy atom. The van der Waals surface area contributed by atoms with Crippen LogP contribution in [0, 0.1) is 6.92 Å². The largest absolute Gasteiger partial charge is 0.444 e. The summed E-state index contributed by atoms with van der Waals surface area (Å²) in [6.07, 6.45) is 2.48. The molecule has 1 aliphatic heterocycles. The molecule has 1 heterocycles. The van der Waals surface area contributed by atoms with E-state index >= 15 is 0 Å². The normalized spacial score (nSPS) is 16.1. The van der Waals surface area contributed by atoms with Crippen LogP contribution in [0.4, 0.5) is 21.9 Å². The molecule has 0 unspecified atom stereocenters. The van der Waals surface area contributed by atoms with E-state index in [-0.39, 0.29) is 23.9 Å². The van der Waals surface area contributed by atoms with Gasteiger partial charge in [-0.15, -0.1) is 0 Å². The van der Waals surface area contributed by atoms with Gasteiger partial charge in [0.15, 0.2) is 0 Å². The zero-order valence-corrected chi connectivity index (χ0v) is 22.1. The number of nitrogens with zero attached hydrogens (tertiary/aromatic N) is 2. The van der Waals surface area contributed by atoms with Crippen LogP contribution in [-0.2, 0) is 4.74 Å². The Morgan fingerprint density at radius 2 is 1.73 bits per heavy atom. The molecule has 37 heavy (non-hydrogen) atoms. The summed E-state index contributed by atoms with van der Waals surface area (Å²) in [6, 6.07) is 10.9. The zero-order valence-electron chi connectivity index (χ0n) is 22.1. The SMILES string of the molecule is Cc1ccc(C(=O)NC2CC2)cc1NC(=O)c1cc(N2CCCN(C(=O)OC(C)(C)C)CC2)ccc1N. The average molecular weight is 508 g/mol. The van der Waals surface area contributed by atoms with Crippen LogP contribution < -0.4 is 21.3 Å². The maximum Gasteiger partial charge on any atom is 0.410 e. The van der Waals surface area contributed by atoms with Gasteiger partial charge in [0.2, 0.25) is 0 Å². The Labute approximate surface area is 218 Å². The highest BCUT2D eigenvalue weighted by molar-refractivity contribution is 6.09. The number of amides is 3. The molecule has 2 aromatic rings. The predicted molar refractivity (Wildman–Crippen MR) is 145 cm³/mol. The molecule has 1 aliphatic carbocycles. The third kappa shape index (κ3) is 6.93. The Bertz CT molecular complexity index is 1190. The van der Waals surface area contributed by atoms with Gasteiger partial charge >= 0.3 is 6.09 Å². The summed E-state index contributed by atoms with van der Waals surface area (Å²) < 4.78 is 5.53. The molecule has 198 valence electrons. The molecule has 1 saturated heterocycles. The van der Waals surface area contributed by atoms with Crippen molar-refractivity contribution >= 4 is 35.0 Å². The van der Waals surface area contributed by atoms with Gasteiger partial charge in [-0.2, -0.15) is 0 Å². The van der Waals surface area contributed by atoms with Gasteiger partial charge in [-0.05, 0) is 82.9 Å². The lowest BCUT2D eigenvalue weighted by Crippen LogP contribution is -2.39. The monoisotopic (exact) mass is 507 g/mol. The molecule has 9 heteroatoms. The average Bonchev–Trinajstić information content (AvgIpc) is 3.66. The molecule has 2 aromatic carbocycles. The molecule has 0 radical (unpaired) electrons. The molecular formula is C28H37N5O4. The molecule has 0 atom stereocenters. The summed E-state index contributed by atoms with van der Waals surface area (Å²) >= 11 is 0. The van der Waals surface area contributed by atoms with E-state index in [0.717, 1.165) is 37.1 Å². The summed E-state index contributed by atoms with van der Waals surface area (Å²) in [6.45, 7) is 9.94. The van der Waals surface area contributed by atoms with Crippen molar-refractivity contribution in [2.24, 2.45) is 0 Å². The van der Waals surface area contributed by atoms with Crippen LogP contribution in [0.15, 0.2) is 36.4 Å². The van der Waals surface area contributed by atoms with E-state index in [1.807, 2.05) is 39.8 Å². The number of carbonyl (C=O) groups excluding carboxylic acids is 3. The molecule has 0 bridgehead atoms. The minimum atomic E-state index is -0.540. The van der Waals surface area contributed by atoms with Crippen LogP contribution in [-0.4, -0.2) is 60.6 Å². The number of nitrogens with one attached hydrogen (secondary N) is 2. The second-order valence-electron chi connectivity index (χ2n) is 10.8. The van der Waals surface area contributed by atoms with E-state index < -0.39 is 5.60 Å². The third-order valence-corrected chi connectivity index (χ3v) is 6.45. The lowest BCUT2D eigenvalue weighted by molar-refractivity contribution is 0.0263. The minimum Gasteiger partial charge on any atom is -0.444 e. The fourth-order valence-corrected chi connectivity index (χ4v) is 4.21. The van der Waals surface area contributed by atoms with Crippen molar-refractivity contribution in [3.63, 3.8) is 0 Å². The number of hydrogen-bond donors (Lipinski definition) is 3. The highest BCUT2D eigenvalue weighted by atomic mass is 16.6. The van der Waals surface area contributed by atoms with Crippen LogP contribution in [0.1, 0.15) is 66.3 Å². The lowest BCUT2D eigenvalue weighted by Gasteiger charge is -2.27. The smallest absolute Gasteiger partial charge is 0.410 e. The van der Waals surface area contributed by atoms with Gasteiger partial charge < -0.3 is 30.9 Å². The van der Waals surface area contributed by atoms with Crippen LogP contribution >= 0.6 is 0 Å². The number of nitrogens with two attached hydrogens (primary N) is 1. The van der Waals surface area contributed by atoms with E-state index in [1.165, 1.54) is 0 Å². The first-order valence-electron chi connectivity index (χ1n) is 12.9. The first kappa shape index (κ1) is 26.3. The van der Waals surface area contributed by atoms with Gasteiger partial charge in [0, 0.05) is 54.8 Å². The minimum absolute atomic E-state index is 0.138. The van der Waals surface area contributed by atoms with E-state index in [9.17, 15) is 14.4 Å². The molecule has 2 fully saturated rings. The van der Waals surface area contributed by atoms with Crippen molar-refractivity contribution in [2.45, 2.75) is 58.6 Å². The molecule has 9 nitrogen and oxygen atoms in total. The number of nitrogen functional groups attached to an aromatic ring is 1. The number of rotatable bonds is 5. The van der Waals surface area contributed by atoms with Crippen LogP contribution in [0.2, 0.25) is 0 Å². The Morgan fingerprint density at radius 1 is 0.973 bits per heavy atom. The Balaban J connectivity index is 1.45. The maximum atomic E-state index is 13.3. The maximum absolute atomic E-state index is 13.3. The summed E-state index contributed by atoms with van der Waals surface area (Å²) in [7, 11) is 0. The summed E-state index contributed by atoms with van der Waals surface area (Å²) in [4.78, 5) is 42.1. The number of anilines is 3. The third-order valence-electron chi connectivity index (χ3n) is 6.45. The molecule has 3 amide bonds. The highest BCUT2D eigenvalue weighted by Gasteiger charge is 2.26. The van der Waals surface area contributed by atoms with Crippen molar-refractivity contribution in [3.8, 4) is 0 Å². The molecular weight excluding hydrogens is 470 g/mol. The van der Waals surface area contributed by atoms with Crippen molar-refractivity contribution < 1.29 is 19.1 Å². The van der Waals surface area contributed by atoms with Crippen LogP contribution in [0.25, 0.3) is 0 Å². The van der Waals surface area contributed by atoms with Gasteiger partial charge in [-0.3, -0.25) is 9.59 Å². The molecule has 4 rings (SSSR count). The molecule has 1 saturated carbocycles. The second kappa shape index (κ2) is 10.7. The fraction of sp³-hybridized carbons (Fsp3) is 0.464. The van der Waals surface area contributed by atoms with Gasteiger partial charge in [-0.25, -0.2) is 4.79 Å². The Hall–Kier alpha value is -3.75. The van der Waals surface area contributed by atoms with Crippen molar-refractivity contribution in [1.82, 2.24) is 10.2 Å². The molecule has 0 spiro atoms. The van der Waals surface area contributed by atoms with Crippen molar-refractivity contribution in [2.75, 3.05) is 42.1 Å². The first-order chi connectivity index (χ1) is 17.5. The Kier molecular flexibility index (Phi) is 7.61. The second-order valence-corrected chi connectivity index (χ2v) is 10.8. The van der Waals surface area contributed by atoms with E-state index in [0.29, 0.717) is 42.1 Å². The number of aryl methyl sites for hydroxylation is 1. The van der Waals surface area contributed by atoms with Gasteiger partial charge in [0.05, 0.1) is 5.56 Å². The van der Waals surface area contributed by atoms with Crippen LogP contribution in [0.3, 0.4) is 0 Å². The van der Waals surface area contributed by atoms with Crippen molar-refractivity contribution in [3.05, 3.63) is 53.1 Å². The van der Waals surface area contributed by atoms with Crippen molar-refractivity contribution in [1.29, 1.82) is 0 Å². The van der Waals surface area contributed by atoms with E-state index in [2.05, 4.69) is 15.5 Å². The summed E-state index contributed by atoms with van der Waals surface area (Å²) in [5, 5.41) is 5.90. The van der Waals surface area contributed by atoms with Gasteiger partial charge in [0.25, 0.3) is 11.8 Å². The first-order valence-corrected chi connectivity index (χ1v) is 12.9. The molecule has 4 N–H and O–H groups in total. The standard InChI is InChI=1S/C28H37N5O4/c1-18-6-7-19(25(34)30-20-8-9-20)16-24(18)31-26(35)22-17-21(10-11-23(22)29)32-12-5-13-33(15-14-32)27(36)37-28(2,3)4/h6-7,10-11,16-17,20H,5,8-9,12-15,29H2,1-4H3,(H,30,34)(H,31,35). The summed E-state index contributed by atoms with van der Waals surface area (Å²) in [5.74, 6) is -0.478. The fourth-order valence-electron chi connectivity index (χ4n) is 4.21. The van der Waals surface area contributed by atoms with Crippen LogP contribution in [0.5, 0.6) is 0 Å². The molecule has 0 aromatic heterocycles. The van der Waals surface area contributed by atoms with Gasteiger partial charge in [-0.1, -0.05) is 6.07 Å². The number of benzene rings is 2. The molecule has 2 aliphatic rings. The quantitative estimate of drug-likeness (QED) is 0.523. The predicted octanol–water partition coefficient (Wildman–Crippen LogP) is 4.17.